The van der Waals surface area contributed by atoms with Crippen LogP contribution in [0.5, 0.6) is 0 Å². The van der Waals surface area contributed by atoms with Crippen LogP contribution in [0.15, 0.2) is 29.3 Å². The average molecular weight is 461 g/mol. The predicted molar refractivity (Wildman–Crippen MR) is 115 cm³/mol. The number of unbranched alkanes of at least 4 members (excludes halogenated alkanes) is 2. The second-order valence-corrected chi connectivity index (χ2v) is 5.89. The minimum Gasteiger partial charge on any atom is -0.469 e. The van der Waals surface area contributed by atoms with Gasteiger partial charge in [-0.05, 0) is 31.7 Å². The van der Waals surface area contributed by atoms with Gasteiger partial charge in [-0.15, -0.1) is 24.0 Å². The largest absolute Gasteiger partial charge is 0.469 e. The quantitative estimate of drug-likeness (QED) is 0.183. The highest BCUT2D eigenvalue weighted by Crippen LogP contribution is 2.04. The number of aryl methyl sites for hydroxylation is 1. The number of nitrogens with one attached hydrogen (secondary N) is 2. The molecule has 0 heterocycles. The molecule has 0 spiro atoms. The van der Waals surface area contributed by atoms with Crippen molar-refractivity contribution in [3.63, 3.8) is 0 Å². The number of esters is 1. The number of methoxy groups -OCH3 is 1. The summed E-state index contributed by atoms with van der Waals surface area (Å²) in [6, 6.07) is 8.43. The Morgan fingerprint density at radius 1 is 1.08 bits per heavy atom. The van der Waals surface area contributed by atoms with Crippen molar-refractivity contribution in [2.45, 2.75) is 52.5 Å². The van der Waals surface area contributed by atoms with Gasteiger partial charge in [-0.3, -0.25) is 4.79 Å². The van der Waals surface area contributed by atoms with E-state index >= 15 is 0 Å². The van der Waals surface area contributed by atoms with E-state index in [4.69, 9.17) is 0 Å². The van der Waals surface area contributed by atoms with E-state index < -0.39 is 0 Å². The smallest absolute Gasteiger partial charge is 0.305 e. The van der Waals surface area contributed by atoms with Gasteiger partial charge in [-0.25, -0.2) is 4.99 Å². The van der Waals surface area contributed by atoms with Gasteiger partial charge in [-0.1, -0.05) is 43.2 Å². The lowest BCUT2D eigenvalue weighted by Gasteiger charge is -2.12. The van der Waals surface area contributed by atoms with Crippen LogP contribution in [0.3, 0.4) is 0 Å². The SMILES string of the molecule is CCCCNC(=NCc1ccc(C)cc1)NCCCCC(=O)OC.I. The van der Waals surface area contributed by atoms with Crippen LogP contribution in [0.2, 0.25) is 0 Å². The Hall–Kier alpha value is -1.31. The van der Waals surface area contributed by atoms with Gasteiger partial charge < -0.3 is 15.4 Å². The molecule has 1 rings (SSSR count). The van der Waals surface area contributed by atoms with Gasteiger partial charge in [0.1, 0.15) is 0 Å². The molecule has 0 aliphatic rings. The number of carbonyl (C=O) groups excluding carboxylic acids is 1. The van der Waals surface area contributed by atoms with Gasteiger partial charge in [-0.2, -0.15) is 0 Å². The van der Waals surface area contributed by atoms with Crippen molar-refractivity contribution >= 4 is 35.9 Å². The molecular formula is C19H32IN3O2. The van der Waals surface area contributed by atoms with Gasteiger partial charge in [0, 0.05) is 19.5 Å². The molecule has 0 amide bonds. The standard InChI is InChI=1S/C19H31N3O2.HI/c1-4-5-13-20-19(21-14-7-6-8-18(23)24-3)22-15-17-11-9-16(2)10-12-17;/h9-12H,4-8,13-15H2,1-3H3,(H2,20,21,22);1H. The molecule has 0 radical (unpaired) electrons. The Bertz CT molecular complexity index is 504. The lowest BCUT2D eigenvalue weighted by atomic mass is 10.1. The van der Waals surface area contributed by atoms with Crippen molar-refractivity contribution < 1.29 is 9.53 Å². The van der Waals surface area contributed by atoms with Crippen molar-refractivity contribution in [1.29, 1.82) is 0 Å². The van der Waals surface area contributed by atoms with Crippen molar-refractivity contribution in [1.82, 2.24) is 10.6 Å². The highest BCUT2D eigenvalue weighted by Gasteiger charge is 2.01. The molecule has 0 aliphatic heterocycles. The number of benzene rings is 1. The third-order valence-corrected chi connectivity index (χ3v) is 3.69. The molecule has 5 nitrogen and oxygen atoms in total. The zero-order valence-corrected chi connectivity index (χ0v) is 18.0. The number of hydrogen-bond acceptors (Lipinski definition) is 3. The van der Waals surface area contributed by atoms with E-state index in [1.807, 2.05) is 0 Å². The summed E-state index contributed by atoms with van der Waals surface area (Å²) in [5.41, 5.74) is 2.45. The van der Waals surface area contributed by atoms with Crippen LogP contribution in [0.4, 0.5) is 0 Å². The Morgan fingerprint density at radius 3 is 2.32 bits per heavy atom. The number of halogens is 1. The van der Waals surface area contributed by atoms with E-state index in [1.165, 1.54) is 18.2 Å². The molecule has 0 atom stereocenters. The normalized spacial score (nSPS) is 10.8. The number of aliphatic imine (C=N–C) groups is 1. The van der Waals surface area contributed by atoms with Crippen molar-refractivity contribution in [3.8, 4) is 0 Å². The Morgan fingerprint density at radius 2 is 1.72 bits per heavy atom. The van der Waals surface area contributed by atoms with Gasteiger partial charge in [0.05, 0.1) is 13.7 Å². The summed E-state index contributed by atoms with van der Waals surface area (Å²) in [7, 11) is 1.42. The number of nitrogens with zero attached hydrogens (tertiary/aromatic N) is 1. The fourth-order valence-electron chi connectivity index (χ4n) is 2.12. The second-order valence-electron chi connectivity index (χ2n) is 5.89. The van der Waals surface area contributed by atoms with Gasteiger partial charge in [0.2, 0.25) is 0 Å². The molecule has 1 aromatic rings. The maximum atomic E-state index is 11.1. The topological polar surface area (TPSA) is 62.7 Å². The number of guanidine groups is 1. The zero-order chi connectivity index (χ0) is 17.6. The summed E-state index contributed by atoms with van der Waals surface area (Å²) in [5, 5.41) is 6.70. The summed E-state index contributed by atoms with van der Waals surface area (Å²) in [5.74, 6) is 0.687. The molecule has 6 heteroatoms. The van der Waals surface area contributed by atoms with E-state index in [2.05, 4.69) is 58.5 Å². The number of rotatable bonds is 10. The van der Waals surface area contributed by atoms with Crippen molar-refractivity contribution in [2.24, 2.45) is 4.99 Å². The van der Waals surface area contributed by atoms with Crippen LogP contribution in [-0.4, -0.2) is 32.1 Å². The molecule has 25 heavy (non-hydrogen) atoms. The fraction of sp³-hybridized carbons (Fsp3) is 0.579. The predicted octanol–water partition coefficient (Wildman–Crippen LogP) is 3.79. The molecule has 0 aliphatic carbocycles. The highest BCUT2D eigenvalue weighted by molar-refractivity contribution is 14.0. The number of hydrogen-bond donors (Lipinski definition) is 2. The Kier molecular flexibility index (Phi) is 14.2. The average Bonchev–Trinajstić information content (AvgIpc) is 2.60. The zero-order valence-electron chi connectivity index (χ0n) is 15.6. The van der Waals surface area contributed by atoms with Crippen LogP contribution in [0, 0.1) is 6.92 Å². The molecule has 0 unspecified atom stereocenters. The first kappa shape index (κ1) is 23.7. The van der Waals surface area contributed by atoms with Crippen LogP contribution in [0.1, 0.15) is 50.2 Å². The molecule has 2 N–H and O–H groups in total. The van der Waals surface area contributed by atoms with Crippen LogP contribution in [0.25, 0.3) is 0 Å². The molecular weight excluding hydrogens is 429 g/mol. The van der Waals surface area contributed by atoms with Crippen molar-refractivity contribution in [3.05, 3.63) is 35.4 Å². The van der Waals surface area contributed by atoms with E-state index in [1.54, 1.807) is 0 Å². The molecule has 0 saturated heterocycles. The van der Waals surface area contributed by atoms with Crippen LogP contribution >= 0.6 is 24.0 Å². The van der Waals surface area contributed by atoms with Gasteiger partial charge >= 0.3 is 5.97 Å². The van der Waals surface area contributed by atoms with E-state index in [0.29, 0.717) is 13.0 Å². The number of carbonyl (C=O) groups is 1. The van der Waals surface area contributed by atoms with Crippen LogP contribution < -0.4 is 10.6 Å². The van der Waals surface area contributed by atoms with E-state index in [-0.39, 0.29) is 29.9 Å². The molecule has 0 aromatic heterocycles. The van der Waals surface area contributed by atoms with Crippen molar-refractivity contribution in [2.75, 3.05) is 20.2 Å². The monoisotopic (exact) mass is 461 g/mol. The minimum atomic E-state index is -0.149. The summed E-state index contributed by atoms with van der Waals surface area (Å²) >= 11 is 0. The Balaban J connectivity index is 0.00000576. The molecule has 0 bridgehead atoms. The lowest BCUT2D eigenvalue weighted by molar-refractivity contribution is -0.140. The minimum absolute atomic E-state index is 0. The summed E-state index contributed by atoms with van der Waals surface area (Å²) < 4.78 is 4.64. The summed E-state index contributed by atoms with van der Waals surface area (Å²) in [6.45, 7) is 6.62. The maximum absolute atomic E-state index is 11.1. The second kappa shape index (κ2) is 15.0. The lowest BCUT2D eigenvalue weighted by Crippen LogP contribution is -2.38. The third-order valence-electron chi connectivity index (χ3n) is 3.69. The molecule has 0 saturated carbocycles. The molecule has 0 fully saturated rings. The summed E-state index contributed by atoms with van der Waals surface area (Å²) in [4.78, 5) is 15.7. The summed E-state index contributed by atoms with van der Waals surface area (Å²) in [6.07, 6.45) is 4.47. The first-order chi connectivity index (χ1) is 11.7. The highest BCUT2D eigenvalue weighted by atomic mass is 127. The van der Waals surface area contributed by atoms with E-state index in [9.17, 15) is 4.79 Å². The number of ether oxygens (including phenoxy) is 1. The van der Waals surface area contributed by atoms with Crippen LogP contribution in [-0.2, 0) is 16.1 Å². The maximum Gasteiger partial charge on any atom is 0.305 e. The molecule has 142 valence electrons. The first-order valence-electron chi connectivity index (χ1n) is 8.80. The first-order valence-corrected chi connectivity index (χ1v) is 8.80. The molecule has 1 aromatic carbocycles. The van der Waals surface area contributed by atoms with Gasteiger partial charge in [0.15, 0.2) is 5.96 Å². The fourth-order valence-corrected chi connectivity index (χ4v) is 2.12. The van der Waals surface area contributed by atoms with Gasteiger partial charge in [0.25, 0.3) is 0 Å². The van der Waals surface area contributed by atoms with E-state index in [0.717, 1.165) is 44.7 Å². The third kappa shape index (κ3) is 11.8. The Labute approximate surface area is 169 Å².